The molecule has 128 valence electrons. The molecule has 0 amide bonds. The second-order valence-electron chi connectivity index (χ2n) is 7.77. The van der Waals surface area contributed by atoms with Crippen LogP contribution in [0.3, 0.4) is 0 Å². The molecule has 2 aliphatic carbocycles. The molecule has 0 heterocycles. The fourth-order valence-corrected chi connectivity index (χ4v) is 3.95. The average molecular weight is 309 g/mol. The van der Waals surface area contributed by atoms with Gasteiger partial charge in [0.25, 0.3) is 0 Å². The van der Waals surface area contributed by atoms with Crippen LogP contribution in [0.2, 0.25) is 0 Å². The van der Waals surface area contributed by atoms with Gasteiger partial charge in [-0.1, -0.05) is 6.42 Å². The summed E-state index contributed by atoms with van der Waals surface area (Å²) in [6.07, 6.45) is 7.14. The lowest BCUT2D eigenvalue weighted by Crippen LogP contribution is -2.49. The molecule has 22 heavy (non-hydrogen) atoms. The van der Waals surface area contributed by atoms with E-state index in [1.807, 2.05) is 7.05 Å². The SMILES string of the molecule is CN=C(NCCN(C(C)C)C(C)C)NCC1(C2CC2)CCC1. The van der Waals surface area contributed by atoms with Crippen LogP contribution >= 0.6 is 0 Å². The molecule has 0 unspecified atom stereocenters. The maximum absolute atomic E-state index is 4.39. The molecule has 0 atom stereocenters. The van der Waals surface area contributed by atoms with E-state index in [0.717, 1.165) is 31.5 Å². The van der Waals surface area contributed by atoms with Crippen LogP contribution in [0, 0.1) is 11.3 Å². The minimum absolute atomic E-state index is 0.588. The number of aliphatic imine (C=N–C) groups is 1. The van der Waals surface area contributed by atoms with Gasteiger partial charge in [-0.15, -0.1) is 0 Å². The summed E-state index contributed by atoms with van der Waals surface area (Å²) < 4.78 is 0. The third-order valence-electron chi connectivity index (χ3n) is 5.61. The van der Waals surface area contributed by atoms with Crippen molar-refractivity contribution in [1.82, 2.24) is 15.5 Å². The van der Waals surface area contributed by atoms with E-state index >= 15 is 0 Å². The van der Waals surface area contributed by atoms with Crippen molar-refractivity contribution < 1.29 is 0 Å². The van der Waals surface area contributed by atoms with Crippen molar-refractivity contribution in [3.8, 4) is 0 Å². The van der Waals surface area contributed by atoms with Crippen LogP contribution in [-0.2, 0) is 0 Å². The topological polar surface area (TPSA) is 39.7 Å². The van der Waals surface area contributed by atoms with E-state index in [0.29, 0.717) is 17.5 Å². The first-order valence-electron chi connectivity index (χ1n) is 9.19. The van der Waals surface area contributed by atoms with Crippen molar-refractivity contribution in [1.29, 1.82) is 0 Å². The summed E-state index contributed by atoms with van der Waals surface area (Å²) >= 11 is 0. The van der Waals surface area contributed by atoms with Crippen LogP contribution in [0.25, 0.3) is 0 Å². The molecule has 2 N–H and O–H groups in total. The number of nitrogens with one attached hydrogen (secondary N) is 2. The second-order valence-corrected chi connectivity index (χ2v) is 7.77. The molecular formula is C18H36N4. The van der Waals surface area contributed by atoms with Gasteiger partial charge in [0.1, 0.15) is 0 Å². The van der Waals surface area contributed by atoms with E-state index in [9.17, 15) is 0 Å². The van der Waals surface area contributed by atoms with E-state index in [1.165, 1.54) is 32.1 Å². The Balaban J connectivity index is 1.71. The standard InChI is InChI=1S/C18H36N4/c1-14(2)22(15(3)4)12-11-20-17(19-5)21-13-18(9-6-10-18)16-7-8-16/h14-16H,6-13H2,1-5H3,(H2,19,20,21). The van der Waals surface area contributed by atoms with E-state index in [4.69, 9.17) is 0 Å². The quantitative estimate of drug-likeness (QED) is 0.535. The zero-order valence-electron chi connectivity index (χ0n) is 15.3. The van der Waals surface area contributed by atoms with Crippen molar-refractivity contribution >= 4 is 5.96 Å². The van der Waals surface area contributed by atoms with Gasteiger partial charge in [0.15, 0.2) is 5.96 Å². The molecule has 2 saturated carbocycles. The van der Waals surface area contributed by atoms with Crippen LogP contribution in [0.1, 0.15) is 59.8 Å². The van der Waals surface area contributed by atoms with Gasteiger partial charge in [-0.25, -0.2) is 0 Å². The van der Waals surface area contributed by atoms with Crippen molar-refractivity contribution in [2.45, 2.75) is 71.9 Å². The minimum atomic E-state index is 0.588. The summed E-state index contributed by atoms with van der Waals surface area (Å²) in [5.74, 6) is 1.96. The van der Waals surface area contributed by atoms with Crippen LogP contribution in [0.15, 0.2) is 4.99 Å². The number of guanidine groups is 1. The van der Waals surface area contributed by atoms with Crippen molar-refractivity contribution in [3.63, 3.8) is 0 Å². The van der Waals surface area contributed by atoms with Gasteiger partial charge in [-0.05, 0) is 64.7 Å². The summed E-state index contributed by atoms with van der Waals surface area (Å²) in [7, 11) is 1.88. The zero-order chi connectivity index (χ0) is 16.2. The Bertz CT molecular complexity index is 359. The Hall–Kier alpha value is -0.770. The molecule has 0 aromatic carbocycles. The number of hydrogen-bond acceptors (Lipinski definition) is 2. The van der Waals surface area contributed by atoms with Gasteiger partial charge in [0.05, 0.1) is 0 Å². The lowest BCUT2D eigenvalue weighted by atomic mass is 9.65. The molecule has 4 heteroatoms. The lowest BCUT2D eigenvalue weighted by Gasteiger charge is -2.43. The monoisotopic (exact) mass is 308 g/mol. The zero-order valence-corrected chi connectivity index (χ0v) is 15.3. The molecule has 0 aromatic rings. The third kappa shape index (κ3) is 4.37. The van der Waals surface area contributed by atoms with E-state index in [1.54, 1.807) is 0 Å². The molecule has 4 nitrogen and oxygen atoms in total. The maximum Gasteiger partial charge on any atom is 0.191 e. The third-order valence-corrected chi connectivity index (χ3v) is 5.61. The van der Waals surface area contributed by atoms with Crippen molar-refractivity contribution in [2.24, 2.45) is 16.3 Å². The summed E-state index contributed by atoms with van der Waals surface area (Å²) in [6, 6.07) is 1.18. The predicted molar refractivity (Wildman–Crippen MR) is 95.4 cm³/mol. The smallest absolute Gasteiger partial charge is 0.191 e. The first-order valence-corrected chi connectivity index (χ1v) is 9.19. The highest BCUT2D eigenvalue weighted by Crippen LogP contribution is 2.56. The summed E-state index contributed by atoms with van der Waals surface area (Å²) in [5, 5.41) is 7.07. The lowest BCUT2D eigenvalue weighted by molar-refractivity contribution is 0.106. The van der Waals surface area contributed by atoms with Crippen molar-refractivity contribution in [2.75, 3.05) is 26.7 Å². The van der Waals surface area contributed by atoms with Crippen LogP contribution in [0.5, 0.6) is 0 Å². The largest absolute Gasteiger partial charge is 0.356 e. The fraction of sp³-hybridized carbons (Fsp3) is 0.944. The van der Waals surface area contributed by atoms with E-state index in [-0.39, 0.29) is 0 Å². The van der Waals surface area contributed by atoms with Gasteiger partial charge in [0, 0.05) is 38.8 Å². The molecule has 2 rings (SSSR count). The molecule has 2 aliphatic rings. The van der Waals surface area contributed by atoms with Gasteiger partial charge in [-0.3, -0.25) is 9.89 Å². The molecule has 0 aliphatic heterocycles. The van der Waals surface area contributed by atoms with Crippen LogP contribution < -0.4 is 10.6 Å². The van der Waals surface area contributed by atoms with E-state index < -0.39 is 0 Å². The van der Waals surface area contributed by atoms with Gasteiger partial charge < -0.3 is 10.6 Å². The van der Waals surface area contributed by atoms with Gasteiger partial charge in [-0.2, -0.15) is 0 Å². The fourth-order valence-electron chi connectivity index (χ4n) is 3.95. The highest BCUT2D eigenvalue weighted by atomic mass is 15.2. The molecular weight excluding hydrogens is 272 g/mol. The molecule has 0 bridgehead atoms. The normalized spacial score (nSPS) is 21.4. The molecule has 0 spiro atoms. The van der Waals surface area contributed by atoms with Crippen molar-refractivity contribution in [3.05, 3.63) is 0 Å². The van der Waals surface area contributed by atoms with Crippen LogP contribution in [-0.4, -0.2) is 49.6 Å². The Morgan fingerprint density at radius 2 is 1.77 bits per heavy atom. The highest BCUT2D eigenvalue weighted by molar-refractivity contribution is 5.79. The van der Waals surface area contributed by atoms with Crippen LogP contribution in [0.4, 0.5) is 0 Å². The second kappa shape index (κ2) is 7.67. The number of hydrogen-bond donors (Lipinski definition) is 2. The Morgan fingerprint density at radius 3 is 2.18 bits per heavy atom. The number of rotatable bonds is 8. The molecule has 0 radical (unpaired) electrons. The predicted octanol–water partition coefficient (Wildman–Crippen LogP) is 2.85. The summed E-state index contributed by atoms with van der Waals surface area (Å²) in [4.78, 5) is 6.90. The molecule has 2 fully saturated rings. The Kier molecular flexibility index (Phi) is 6.13. The Morgan fingerprint density at radius 1 is 1.14 bits per heavy atom. The first kappa shape index (κ1) is 17.6. The Labute approximate surface area is 137 Å². The number of nitrogens with zero attached hydrogens (tertiary/aromatic N) is 2. The maximum atomic E-state index is 4.39. The minimum Gasteiger partial charge on any atom is -0.356 e. The molecule has 0 saturated heterocycles. The van der Waals surface area contributed by atoms with Gasteiger partial charge >= 0.3 is 0 Å². The highest BCUT2D eigenvalue weighted by Gasteiger charge is 2.48. The molecule has 0 aromatic heterocycles. The first-order chi connectivity index (χ1) is 10.5. The average Bonchev–Trinajstić information content (AvgIpc) is 3.23. The summed E-state index contributed by atoms with van der Waals surface area (Å²) in [6.45, 7) is 12.2. The summed E-state index contributed by atoms with van der Waals surface area (Å²) in [5.41, 5.74) is 0.597. The van der Waals surface area contributed by atoms with E-state index in [2.05, 4.69) is 48.2 Å². The van der Waals surface area contributed by atoms with Gasteiger partial charge in [0.2, 0.25) is 0 Å².